The molecule has 10 heteroatoms. The first-order valence-corrected chi connectivity index (χ1v) is 13.2. The predicted molar refractivity (Wildman–Crippen MR) is 139 cm³/mol. The molecule has 2 heterocycles. The minimum Gasteiger partial charge on any atom is -0.491 e. The average Bonchev–Trinajstić information content (AvgIpc) is 3.74. The fraction of sp³-hybridized carbons (Fsp3) is 0.667. The maximum absolute atomic E-state index is 13.5. The van der Waals surface area contributed by atoms with E-state index in [1.54, 1.807) is 37.3 Å². The molecule has 4 rings (SSSR count). The summed E-state index contributed by atoms with van der Waals surface area (Å²) in [5, 5.41) is 2.93. The van der Waals surface area contributed by atoms with Crippen molar-refractivity contribution in [3.05, 3.63) is 23.8 Å². The van der Waals surface area contributed by atoms with Crippen molar-refractivity contribution in [2.75, 3.05) is 72.0 Å². The Morgan fingerprint density at radius 2 is 1.86 bits per heavy atom. The van der Waals surface area contributed by atoms with Gasteiger partial charge in [-0.15, -0.1) is 0 Å². The summed E-state index contributed by atoms with van der Waals surface area (Å²) in [6.45, 7) is 8.12. The van der Waals surface area contributed by atoms with Gasteiger partial charge in [0.1, 0.15) is 12.4 Å². The first-order valence-electron chi connectivity index (χ1n) is 13.2. The number of ether oxygens (including phenoxy) is 3. The summed E-state index contributed by atoms with van der Waals surface area (Å²) >= 11 is 0. The molecule has 0 aromatic heterocycles. The zero-order valence-electron chi connectivity index (χ0n) is 22.4. The van der Waals surface area contributed by atoms with Crippen LogP contribution in [0.5, 0.6) is 5.75 Å². The molecule has 2 fully saturated rings. The molecule has 1 aromatic carbocycles. The van der Waals surface area contributed by atoms with Crippen LogP contribution in [0.4, 0.5) is 5.69 Å². The van der Waals surface area contributed by atoms with E-state index in [9.17, 15) is 14.4 Å². The number of nitrogens with zero attached hydrogens (tertiary/aromatic N) is 3. The van der Waals surface area contributed by atoms with Gasteiger partial charge in [0.25, 0.3) is 5.91 Å². The SMILES string of the molecule is CO[C@@H]1CN(C)C(=O)c2ccc(NC(=O)C3CC3)cc2OC[C@@H](C)N(C(=O)CN2CCOCC2)C[C@H]1C. The van der Waals surface area contributed by atoms with Crippen molar-refractivity contribution in [2.45, 2.75) is 38.8 Å². The molecule has 1 saturated carbocycles. The fourth-order valence-electron chi connectivity index (χ4n) is 4.83. The largest absolute Gasteiger partial charge is 0.491 e. The van der Waals surface area contributed by atoms with Crippen molar-refractivity contribution in [1.82, 2.24) is 14.7 Å². The average molecular weight is 517 g/mol. The second kappa shape index (κ2) is 12.2. The maximum atomic E-state index is 13.5. The van der Waals surface area contributed by atoms with Gasteiger partial charge < -0.3 is 29.3 Å². The molecule has 3 aliphatic rings. The first kappa shape index (κ1) is 27.3. The van der Waals surface area contributed by atoms with Crippen LogP contribution in [0.3, 0.4) is 0 Å². The van der Waals surface area contributed by atoms with E-state index in [2.05, 4.69) is 10.2 Å². The van der Waals surface area contributed by atoms with Crippen LogP contribution in [-0.2, 0) is 19.1 Å². The van der Waals surface area contributed by atoms with E-state index >= 15 is 0 Å². The zero-order chi connectivity index (χ0) is 26.5. The van der Waals surface area contributed by atoms with Gasteiger partial charge in [0.15, 0.2) is 0 Å². The lowest BCUT2D eigenvalue weighted by atomic mass is 10.0. The number of rotatable bonds is 5. The lowest BCUT2D eigenvalue weighted by Crippen LogP contribution is -2.52. The summed E-state index contributed by atoms with van der Waals surface area (Å²) in [6, 6.07) is 4.90. The first-order chi connectivity index (χ1) is 17.8. The number of hydrogen-bond acceptors (Lipinski definition) is 7. The highest BCUT2D eigenvalue weighted by Gasteiger charge is 2.32. The van der Waals surface area contributed by atoms with Gasteiger partial charge in [-0.1, -0.05) is 6.92 Å². The molecule has 1 aromatic rings. The van der Waals surface area contributed by atoms with Crippen molar-refractivity contribution in [3.8, 4) is 5.75 Å². The van der Waals surface area contributed by atoms with Crippen LogP contribution in [0.15, 0.2) is 18.2 Å². The van der Waals surface area contributed by atoms with E-state index in [-0.39, 0.29) is 48.3 Å². The van der Waals surface area contributed by atoms with Gasteiger partial charge in [0, 0.05) is 63.9 Å². The van der Waals surface area contributed by atoms with Crippen molar-refractivity contribution in [3.63, 3.8) is 0 Å². The van der Waals surface area contributed by atoms with E-state index in [0.29, 0.717) is 49.8 Å². The van der Waals surface area contributed by atoms with Gasteiger partial charge in [-0.3, -0.25) is 19.3 Å². The topological polar surface area (TPSA) is 101 Å². The summed E-state index contributed by atoms with van der Waals surface area (Å²) in [5.41, 5.74) is 1.00. The number of morpholine rings is 1. The highest BCUT2D eigenvalue weighted by atomic mass is 16.5. The third kappa shape index (κ3) is 7.00. The zero-order valence-corrected chi connectivity index (χ0v) is 22.4. The van der Waals surface area contributed by atoms with Gasteiger partial charge >= 0.3 is 0 Å². The summed E-state index contributed by atoms with van der Waals surface area (Å²) in [5.74, 6) is 0.288. The van der Waals surface area contributed by atoms with Gasteiger partial charge in [-0.05, 0) is 31.9 Å². The number of likely N-dealkylation sites (N-methyl/N-ethyl adjacent to an activating group) is 1. The Bertz CT molecular complexity index is 978. The Balaban J connectivity index is 1.58. The van der Waals surface area contributed by atoms with E-state index in [1.807, 2.05) is 18.7 Å². The standard InChI is InChI=1S/C27H40N4O6/c1-18-14-31(25(32)16-30-9-11-36-12-10-30)19(2)17-37-23-13-21(28-26(33)20-5-6-20)7-8-22(23)27(34)29(3)15-24(18)35-4/h7-8,13,18-20,24H,5-6,9-12,14-17H2,1-4H3,(H,28,33)/t18-,19-,24-/m1/s1. The second-order valence-corrected chi connectivity index (χ2v) is 10.5. The molecule has 10 nitrogen and oxygen atoms in total. The maximum Gasteiger partial charge on any atom is 0.257 e. The summed E-state index contributed by atoms with van der Waals surface area (Å²) in [7, 11) is 3.38. The number of hydrogen-bond donors (Lipinski definition) is 1. The fourth-order valence-corrected chi connectivity index (χ4v) is 4.83. The normalized spacial score (nSPS) is 25.9. The molecule has 1 aliphatic carbocycles. The lowest BCUT2D eigenvalue weighted by Gasteiger charge is -2.37. The molecule has 0 unspecified atom stereocenters. The van der Waals surface area contributed by atoms with E-state index in [1.165, 1.54) is 0 Å². The third-order valence-corrected chi connectivity index (χ3v) is 7.45. The van der Waals surface area contributed by atoms with Gasteiger partial charge in [0.05, 0.1) is 37.5 Å². The van der Waals surface area contributed by atoms with Crippen molar-refractivity contribution in [1.29, 1.82) is 0 Å². The monoisotopic (exact) mass is 516 g/mol. The summed E-state index contributed by atoms with van der Waals surface area (Å²) in [4.78, 5) is 44.8. The highest BCUT2D eigenvalue weighted by molar-refractivity contribution is 5.99. The van der Waals surface area contributed by atoms with E-state index < -0.39 is 0 Å². The van der Waals surface area contributed by atoms with Crippen molar-refractivity contribution < 1.29 is 28.6 Å². The molecule has 0 radical (unpaired) electrons. The van der Waals surface area contributed by atoms with Crippen LogP contribution >= 0.6 is 0 Å². The Kier molecular flexibility index (Phi) is 9.04. The molecular weight excluding hydrogens is 476 g/mol. The van der Waals surface area contributed by atoms with Crippen molar-refractivity contribution in [2.24, 2.45) is 11.8 Å². The Hall–Kier alpha value is -2.69. The van der Waals surface area contributed by atoms with Crippen LogP contribution in [-0.4, -0.2) is 111 Å². The van der Waals surface area contributed by atoms with E-state index in [4.69, 9.17) is 14.2 Å². The molecule has 3 amide bonds. The summed E-state index contributed by atoms with van der Waals surface area (Å²) < 4.78 is 17.4. The quantitative estimate of drug-likeness (QED) is 0.636. The number of fused-ring (bicyclic) bond motifs is 1. The van der Waals surface area contributed by atoms with Crippen LogP contribution < -0.4 is 10.1 Å². The molecule has 0 bridgehead atoms. The lowest BCUT2D eigenvalue weighted by molar-refractivity contribution is -0.137. The van der Waals surface area contributed by atoms with E-state index in [0.717, 1.165) is 25.9 Å². The third-order valence-electron chi connectivity index (χ3n) is 7.45. The molecule has 1 saturated heterocycles. The number of benzene rings is 1. The molecule has 1 N–H and O–H groups in total. The number of methoxy groups -OCH3 is 1. The Morgan fingerprint density at radius 3 is 2.54 bits per heavy atom. The van der Waals surface area contributed by atoms with Gasteiger partial charge in [0.2, 0.25) is 11.8 Å². The highest BCUT2D eigenvalue weighted by Crippen LogP contribution is 2.32. The molecule has 37 heavy (non-hydrogen) atoms. The molecular formula is C27H40N4O6. The minimum absolute atomic E-state index is 0.00440. The smallest absolute Gasteiger partial charge is 0.257 e. The number of nitrogens with one attached hydrogen (secondary N) is 1. The molecule has 0 spiro atoms. The van der Waals surface area contributed by atoms with Crippen LogP contribution in [0.1, 0.15) is 37.0 Å². The molecule has 2 aliphatic heterocycles. The summed E-state index contributed by atoms with van der Waals surface area (Å²) in [6.07, 6.45) is 1.56. The minimum atomic E-state index is -0.249. The number of amides is 3. The van der Waals surface area contributed by atoms with Gasteiger partial charge in [-0.2, -0.15) is 0 Å². The number of anilines is 1. The molecule has 3 atom stereocenters. The van der Waals surface area contributed by atoms with Crippen LogP contribution in [0.2, 0.25) is 0 Å². The van der Waals surface area contributed by atoms with Crippen molar-refractivity contribution >= 4 is 23.4 Å². The van der Waals surface area contributed by atoms with Crippen LogP contribution in [0.25, 0.3) is 0 Å². The Morgan fingerprint density at radius 1 is 1.14 bits per heavy atom. The second-order valence-electron chi connectivity index (χ2n) is 10.5. The Labute approximate surface area is 219 Å². The molecule has 204 valence electrons. The number of carbonyl (C=O) groups is 3. The van der Waals surface area contributed by atoms with Gasteiger partial charge in [-0.25, -0.2) is 0 Å². The predicted octanol–water partition coefficient (Wildman–Crippen LogP) is 1.70. The van der Waals surface area contributed by atoms with Crippen LogP contribution in [0, 0.1) is 11.8 Å². The number of carbonyl (C=O) groups excluding carboxylic acids is 3.